The largest absolute Gasteiger partial charge is 0.394 e. The number of anilines is 1. The van der Waals surface area contributed by atoms with Crippen LogP contribution < -0.4 is 5.73 Å². The van der Waals surface area contributed by atoms with Gasteiger partial charge >= 0.3 is 0 Å². The van der Waals surface area contributed by atoms with E-state index >= 15 is 0 Å². The Kier molecular flexibility index (Phi) is 2.23. The van der Waals surface area contributed by atoms with Gasteiger partial charge in [0.05, 0.1) is 12.9 Å². The van der Waals surface area contributed by atoms with Crippen LogP contribution in [0.25, 0.3) is 11.2 Å². The lowest BCUT2D eigenvalue weighted by atomic mass is 10.1. The van der Waals surface area contributed by atoms with Crippen LogP contribution in [0.15, 0.2) is 12.7 Å². The van der Waals surface area contributed by atoms with E-state index in [2.05, 4.69) is 15.0 Å². The lowest BCUT2D eigenvalue weighted by Gasteiger charge is -2.31. The van der Waals surface area contributed by atoms with Gasteiger partial charge in [0.1, 0.15) is 17.9 Å². The van der Waals surface area contributed by atoms with Crippen molar-refractivity contribution < 1.29 is 19.6 Å². The number of hydrogen-bond acceptors (Lipinski definition) is 8. The average molecular weight is 265 g/mol. The van der Waals surface area contributed by atoms with Gasteiger partial charge in [-0.1, -0.05) is 0 Å². The SMILES string of the molecule is Nc1ncnc2c1ncn2C1OC(CO)C2OOC21. The summed E-state index contributed by atoms with van der Waals surface area (Å²) in [6.45, 7) is -0.134. The number of nitrogen functional groups attached to an aromatic ring is 1. The first-order chi connectivity index (χ1) is 9.29. The van der Waals surface area contributed by atoms with E-state index in [-0.39, 0.29) is 18.8 Å². The number of aliphatic hydroxyl groups is 1. The number of fused-ring (bicyclic) bond motifs is 2. The van der Waals surface area contributed by atoms with Crippen molar-refractivity contribution >= 4 is 17.0 Å². The maximum Gasteiger partial charge on any atom is 0.170 e. The molecule has 0 bridgehead atoms. The van der Waals surface area contributed by atoms with Crippen LogP contribution in [0, 0.1) is 0 Å². The minimum absolute atomic E-state index is 0.134. The first-order valence-electron chi connectivity index (χ1n) is 5.81. The summed E-state index contributed by atoms with van der Waals surface area (Å²) in [5.41, 5.74) is 6.80. The summed E-state index contributed by atoms with van der Waals surface area (Å²) in [6.07, 6.45) is 1.51. The van der Waals surface area contributed by atoms with Crippen LogP contribution >= 0.6 is 0 Å². The van der Waals surface area contributed by atoms with Crippen LogP contribution in [0.3, 0.4) is 0 Å². The molecule has 19 heavy (non-hydrogen) atoms. The van der Waals surface area contributed by atoms with Crippen molar-refractivity contribution in [2.45, 2.75) is 24.5 Å². The van der Waals surface area contributed by atoms with Gasteiger partial charge in [-0.25, -0.2) is 24.7 Å². The number of nitrogens with two attached hydrogens (primary N) is 1. The maximum absolute atomic E-state index is 9.23. The van der Waals surface area contributed by atoms with E-state index in [0.29, 0.717) is 17.0 Å². The smallest absolute Gasteiger partial charge is 0.170 e. The Hall–Kier alpha value is -1.81. The van der Waals surface area contributed by atoms with Gasteiger partial charge in [-0.05, 0) is 0 Å². The molecule has 4 heterocycles. The van der Waals surface area contributed by atoms with E-state index in [1.807, 2.05) is 0 Å². The Balaban J connectivity index is 1.77. The van der Waals surface area contributed by atoms with Crippen molar-refractivity contribution in [3.05, 3.63) is 12.7 Å². The summed E-state index contributed by atoms with van der Waals surface area (Å²) in [7, 11) is 0. The Morgan fingerprint density at radius 2 is 2.11 bits per heavy atom. The lowest BCUT2D eigenvalue weighted by Crippen LogP contribution is -2.47. The molecule has 2 fully saturated rings. The molecule has 0 amide bonds. The molecule has 100 valence electrons. The van der Waals surface area contributed by atoms with Gasteiger partial charge in [0.15, 0.2) is 29.9 Å². The zero-order valence-corrected chi connectivity index (χ0v) is 9.71. The van der Waals surface area contributed by atoms with Crippen molar-refractivity contribution in [2.75, 3.05) is 12.3 Å². The normalized spacial score (nSPS) is 33.3. The molecule has 4 unspecified atom stereocenters. The monoisotopic (exact) mass is 265 g/mol. The number of rotatable bonds is 2. The maximum atomic E-state index is 9.23. The van der Waals surface area contributed by atoms with Crippen molar-refractivity contribution in [2.24, 2.45) is 0 Å². The molecule has 9 heteroatoms. The van der Waals surface area contributed by atoms with Gasteiger partial charge < -0.3 is 15.6 Å². The van der Waals surface area contributed by atoms with Crippen LogP contribution in [0.4, 0.5) is 5.82 Å². The molecule has 0 saturated carbocycles. The first kappa shape index (κ1) is 11.1. The second kappa shape index (κ2) is 3.84. The molecule has 0 aromatic carbocycles. The van der Waals surface area contributed by atoms with Gasteiger partial charge in [0, 0.05) is 0 Å². The number of ether oxygens (including phenoxy) is 1. The van der Waals surface area contributed by atoms with Crippen LogP contribution in [0.2, 0.25) is 0 Å². The number of hydrogen-bond donors (Lipinski definition) is 2. The molecule has 0 radical (unpaired) electrons. The average Bonchev–Trinajstić information content (AvgIpc) is 2.89. The van der Waals surface area contributed by atoms with Crippen LogP contribution in [-0.4, -0.2) is 49.5 Å². The van der Waals surface area contributed by atoms with Crippen molar-refractivity contribution in [3.63, 3.8) is 0 Å². The third kappa shape index (κ3) is 1.40. The highest BCUT2D eigenvalue weighted by Gasteiger charge is 2.55. The summed E-state index contributed by atoms with van der Waals surface area (Å²) in [5.74, 6) is 0.308. The van der Waals surface area contributed by atoms with E-state index in [0.717, 1.165) is 0 Å². The second-order valence-corrected chi connectivity index (χ2v) is 4.45. The lowest BCUT2D eigenvalue weighted by molar-refractivity contribution is -0.462. The summed E-state index contributed by atoms with van der Waals surface area (Å²) in [5, 5.41) is 9.23. The van der Waals surface area contributed by atoms with E-state index in [9.17, 15) is 5.11 Å². The molecular formula is C10H11N5O4. The highest BCUT2D eigenvalue weighted by atomic mass is 17.3. The fourth-order valence-corrected chi connectivity index (χ4v) is 2.43. The molecule has 9 nitrogen and oxygen atoms in total. The minimum Gasteiger partial charge on any atom is -0.394 e. The molecule has 4 rings (SSSR count). The third-order valence-electron chi connectivity index (χ3n) is 3.40. The fraction of sp³-hybridized carbons (Fsp3) is 0.500. The number of aromatic nitrogens is 4. The number of imidazole rings is 1. The highest BCUT2D eigenvalue weighted by Crippen LogP contribution is 2.40. The van der Waals surface area contributed by atoms with Crippen LogP contribution in [0.5, 0.6) is 0 Å². The van der Waals surface area contributed by atoms with Crippen molar-refractivity contribution in [3.8, 4) is 0 Å². The summed E-state index contributed by atoms with van der Waals surface area (Å²) in [4.78, 5) is 22.2. The Bertz CT molecular complexity index is 629. The van der Waals surface area contributed by atoms with Crippen molar-refractivity contribution in [1.29, 1.82) is 0 Å². The zero-order valence-electron chi connectivity index (χ0n) is 9.71. The van der Waals surface area contributed by atoms with Crippen molar-refractivity contribution in [1.82, 2.24) is 19.5 Å². The number of aliphatic hydroxyl groups excluding tert-OH is 1. The topological polar surface area (TPSA) is 118 Å². The second-order valence-electron chi connectivity index (χ2n) is 4.45. The van der Waals surface area contributed by atoms with E-state index in [1.54, 1.807) is 10.9 Å². The predicted molar refractivity (Wildman–Crippen MR) is 60.5 cm³/mol. The van der Waals surface area contributed by atoms with E-state index < -0.39 is 12.3 Å². The molecule has 2 aliphatic rings. The molecule has 0 spiro atoms. The van der Waals surface area contributed by atoms with Gasteiger partial charge in [0.25, 0.3) is 0 Å². The molecular weight excluding hydrogens is 254 g/mol. The predicted octanol–water partition coefficient (Wildman–Crippen LogP) is -1.00. The molecule has 2 aromatic rings. The van der Waals surface area contributed by atoms with E-state index in [4.69, 9.17) is 20.2 Å². The van der Waals surface area contributed by atoms with Gasteiger partial charge in [-0.15, -0.1) is 0 Å². The standard InChI is InChI=1S/C10H11N5O4/c11-8-5-9(13-2-12-8)15(3-14-5)10-7-6(18-19-7)4(1-16)17-10/h2-4,6-7,10,16H,1H2,(H2,11,12,13). The van der Waals surface area contributed by atoms with Crippen LogP contribution in [-0.2, 0) is 14.5 Å². The minimum atomic E-state index is -0.449. The van der Waals surface area contributed by atoms with Crippen LogP contribution in [0.1, 0.15) is 6.23 Å². The molecule has 0 aliphatic carbocycles. The van der Waals surface area contributed by atoms with Gasteiger partial charge in [0.2, 0.25) is 0 Å². The molecule has 4 atom stereocenters. The molecule has 2 aromatic heterocycles. The summed E-state index contributed by atoms with van der Waals surface area (Å²) >= 11 is 0. The Morgan fingerprint density at radius 3 is 2.79 bits per heavy atom. The highest BCUT2D eigenvalue weighted by molar-refractivity contribution is 5.81. The van der Waals surface area contributed by atoms with Gasteiger partial charge in [-0.3, -0.25) is 4.57 Å². The number of nitrogens with zero attached hydrogens (tertiary/aromatic N) is 4. The Morgan fingerprint density at radius 1 is 1.26 bits per heavy atom. The molecule has 2 aliphatic heterocycles. The summed E-state index contributed by atoms with van der Waals surface area (Å²) in [6, 6.07) is 0. The molecule has 3 N–H and O–H groups in total. The quantitative estimate of drug-likeness (QED) is 0.664. The first-order valence-corrected chi connectivity index (χ1v) is 5.81. The zero-order chi connectivity index (χ0) is 13.0. The Labute approximate surface area is 106 Å². The summed E-state index contributed by atoms with van der Waals surface area (Å²) < 4.78 is 7.42. The third-order valence-corrected chi connectivity index (χ3v) is 3.40. The fourth-order valence-electron chi connectivity index (χ4n) is 2.43. The molecule has 2 saturated heterocycles. The van der Waals surface area contributed by atoms with Gasteiger partial charge in [-0.2, -0.15) is 0 Å². The van der Waals surface area contributed by atoms with E-state index in [1.165, 1.54) is 6.33 Å².